The molecule has 2 rings (SSSR count). The Labute approximate surface area is 112 Å². The van der Waals surface area contributed by atoms with Gasteiger partial charge in [0.2, 0.25) is 0 Å². The van der Waals surface area contributed by atoms with Crippen LogP contribution in [0.1, 0.15) is 5.82 Å². The molecule has 0 saturated carbocycles. The van der Waals surface area contributed by atoms with E-state index >= 15 is 0 Å². The summed E-state index contributed by atoms with van der Waals surface area (Å²) in [5.41, 5.74) is 0.344. The Hall–Kier alpha value is -1.41. The van der Waals surface area contributed by atoms with Crippen LogP contribution in [0.25, 0.3) is 11.5 Å². The van der Waals surface area contributed by atoms with Crippen LogP contribution < -0.4 is 0 Å². The highest BCUT2D eigenvalue weighted by atomic mass is 79.9. The molecule has 0 bridgehead atoms. The van der Waals surface area contributed by atoms with Gasteiger partial charge >= 0.3 is 0 Å². The Morgan fingerprint density at radius 1 is 1.44 bits per heavy atom. The van der Waals surface area contributed by atoms with Gasteiger partial charge in [-0.3, -0.25) is 0 Å². The SMILES string of the molecule is CS(=O)(=O)Cc1noc(-c2cc(Br)ccc2O)n1. The van der Waals surface area contributed by atoms with Crippen molar-refractivity contribution in [2.24, 2.45) is 0 Å². The van der Waals surface area contributed by atoms with Gasteiger partial charge in [-0.1, -0.05) is 21.1 Å². The monoisotopic (exact) mass is 332 g/mol. The molecule has 0 amide bonds. The summed E-state index contributed by atoms with van der Waals surface area (Å²) < 4.78 is 27.8. The predicted octanol–water partition coefficient (Wildman–Crippen LogP) is 1.75. The van der Waals surface area contributed by atoms with Crippen molar-refractivity contribution in [1.82, 2.24) is 10.1 Å². The van der Waals surface area contributed by atoms with Gasteiger partial charge in [-0.15, -0.1) is 0 Å². The zero-order chi connectivity index (χ0) is 13.3. The van der Waals surface area contributed by atoms with Gasteiger partial charge in [0.25, 0.3) is 5.89 Å². The second kappa shape index (κ2) is 4.69. The van der Waals surface area contributed by atoms with Crippen LogP contribution in [-0.2, 0) is 15.6 Å². The molecule has 0 saturated heterocycles. The minimum absolute atomic E-state index is 0.0206. The second-order valence-corrected chi connectivity index (χ2v) is 6.80. The molecule has 1 aromatic carbocycles. The fourth-order valence-corrected chi connectivity index (χ4v) is 2.28. The van der Waals surface area contributed by atoms with Crippen molar-refractivity contribution in [1.29, 1.82) is 0 Å². The number of sulfone groups is 1. The highest BCUT2D eigenvalue weighted by molar-refractivity contribution is 9.10. The Bertz CT molecular complexity index is 681. The average molecular weight is 333 g/mol. The smallest absolute Gasteiger partial charge is 0.261 e. The number of rotatable bonds is 3. The first kappa shape index (κ1) is 13.0. The molecule has 6 nitrogen and oxygen atoms in total. The van der Waals surface area contributed by atoms with E-state index in [0.717, 1.165) is 10.7 Å². The molecule has 8 heteroatoms. The largest absolute Gasteiger partial charge is 0.507 e. The minimum Gasteiger partial charge on any atom is -0.507 e. The lowest BCUT2D eigenvalue weighted by atomic mass is 10.2. The maximum absolute atomic E-state index is 11.1. The van der Waals surface area contributed by atoms with E-state index in [-0.39, 0.29) is 23.2 Å². The number of hydrogen-bond acceptors (Lipinski definition) is 6. The fraction of sp³-hybridized carbons (Fsp3) is 0.200. The van der Waals surface area contributed by atoms with Gasteiger partial charge in [0.15, 0.2) is 15.7 Å². The highest BCUT2D eigenvalue weighted by Gasteiger charge is 2.16. The summed E-state index contributed by atoms with van der Waals surface area (Å²) in [7, 11) is -3.22. The number of aromatic nitrogens is 2. The first-order valence-electron chi connectivity index (χ1n) is 4.84. The fourth-order valence-electron chi connectivity index (χ4n) is 1.34. The van der Waals surface area contributed by atoms with E-state index in [1.807, 2.05) is 0 Å². The zero-order valence-electron chi connectivity index (χ0n) is 9.29. The van der Waals surface area contributed by atoms with Gasteiger partial charge in [0.05, 0.1) is 5.56 Å². The Balaban J connectivity index is 2.38. The van der Waals surface area contributed by atoms with Crippen molar-refractivity contribution in [3.05, 3.63) is 28.5 Å². The molecule has 0 aliphatic heterocycles. The molecule has 1 heterocycles. The van der Waals surface area contributed by atoms with Crippen LogP contribution in [0, 0.1) is 0 Å². The maximum atomic E-state index is 11.1. The van der Waals surface area contributed by atoms with Crippen LogP contribution in [0.3, 0.4) is 0 Å². The normalized spacial score (nSPS) is 11.7. The van der Waals surface area contributed by atoms with Crippen LogP contribution in [0.5, 0.6) is 5.75 Å². The average Bonchev–Trinajstić information content (AvgIpc) is 2.67. The van der Waals surface area contributed by atoms with Gasteiger partial charge in [-0.25, -0.2) is 8.42 Å². The number of aromatic hydroxyl groups is 1. The number of benzene rings is 1. The number of phenols is 1. The molecule has 0 radical (unpaired) electrons. The van der Waals surface area contributed by atoms with Crippen LogP contribution in [0.4, 0.5) is 0 Å². The third-order valence-electron chi connectivity index (χ3n) is 2.05. The van der Waals surface area contributed by atoms with E-state index in [2.05, 4.69) is 26.1 Å². The molecule has 2 aromatic rings. The van der Waals surface area contributed by atoms with Crippen molar-refractivity contribution in [2.45, 2.75) is 5.75 Å². The first-order valence-corrected chi connectivity index (χ1v) is 7.70. The van der Waals surface area contributed by atoms with Crippen molar-refractivity contribution < 1.29 is 18.0 Å². The predicted molar refractivity (Wildman–Crippen MR) is 67.6 cm³/mol. The number of halogens is 1. The van der Waals surface area contributed by atoms with E-state index < -0.39 is 9.84 Å². The summed E-state index contributed by atoms with van der Waals surface area (Å²) >= 11 is 3.25. The number of hydrogen-bond donors (Lipinski definition) is 1. The van der Waals surface area contributed by atoms with E-state index in [1.54, 1.807) is 12.1 Å². The number of phenolic OH excluding ortho intramolecular Hbond substituents is 1. The van der Waals surface area contributed by atoms with Gasteiger partial charge in [0, 0.05) is 10.7 Å². The third kappa shape index (κ3) is 3.08. The lowest BCUT2D eigenvalue weighted by Gasteiger charge is -1.99. The molecule has 1 N–H and O–H groups in total. The van der Waals surface area contributed by atoms with Gasteiger partial charge in [0.1, 0.15) is 11.5 Å². The maximum Gasteiger partial charge on any atom is 0.261 e. The summed E-state index contributed by atoms with van der Waals surface area (Å²) in [6.07, 6.45) is 1.08. The molecular formula is C10H9BrN2O4S. The van der Waals surface area contributed by atoms with Crippen molar-refractivity contribution in [2.75, 3.05) is 6.26 Å². The van der Waals surface area contributed by atoms with Gasteiger partial charge in [-0.05, 0) is 18.2 Å². The van der Waals surface area contributed by atoms with E-state index in [9.17, 15) is 13.5 Å². The summed E-state index contributed by atoms with van der Waals surface area (Å²) in [5, 5.41) is 13.2. The summed E-state index contributed by atoms with van der Waals surface area (Å²) in [5.74, 6) is -0.183. The van der Waals surface area contributed by atoms with Gasteiger partial charge < -0.3 is 9.63 Å². The minimum atomic E-state index is -3.22. The Kier molecular flexibility index (Phi) is 3.40. The molecular weight excluding hydrogens is 324 g/mol. The molecule has 18 heavy (non-hydrogen) atoms. The molecule has 96 valence electrons. The van der Waals surface area contributed by atoms with Crippen LogP contribution in [-0.4, -0.2) is 29.9 Å². The van der Waals surface area contributed by atoms with Crippen LogP contribution in [0.15, 0.2) is 27.2 Å². The molecule has 0 unspecified atom stereocenters. The number of nitrogens with zero attached hydrogens (tertiary/aromatic N) is 2. The summed E-state index contributed by atoms with van der Waals surface area (Å²) in [4.78, 5) is 3.93. The quantitative estimate of drug-likeness (QED) is 0.920. The van der Waals surface area contributed by atoms with Crippen LogP contribution >= 0.6 is 15.9 Å². The standard InChI is InChI=1S/C10H9BrN2O4S/c1-18(15,16)5-9-12-10(17-13-9)7-4-6(11)2-3-8(7)14/h2-4,14H,5H2,1H3. The molecule has 0 aliphatic carbocycles. The molecule has 0 atom stereocenters. The summed E-state index contributed by atoms with van der Waals surface area (Å²) in [6.45, 7) is 0. The van der Waals surface area contributed by atoms with Crippen LogP contribution in [0.2, 0.25) is 0 Å². The highest BCUT2D eigenvalue weighted by Crippen LogP contribution is 2.30. The zero-order valence-corrected chi connectivity index (χ0v) is 11.7. The molecule has 0 fully saturated rings. The second-order valence-electron chi connectivity index (χ2n) is 3.75. The lowest BCUT2D eigenvalue weighted by molar-refractivity contribution is 0.419. The molecule has 0 aliphatic rings. The topological polar surface area (TPSA) is 93.3 Å². The van der Waals surface area contributed by atoms with Crippen molar-refractivity contribution in [3.8, 4) is 17.2 Å². The van der Waals surface area contributed by atoms with Gasteiger partial charge in [-0.2, -0.15) is 4.98 Å². The molecule has 0 spiro atoms. The molecule has 1 aromatic heterocycles. The van der Waals surface area contributed by atoms with Crippen molar-refractivity contribution >= 4 is 25.8 Å². The third-order valence-corrected chi connectivity index (χ3v) is 3.32. The van der Waals surface area contributed by atoms with E-state index in [1.165, 1.54) is 6.07 Å². The first-order chi connectivity index (χ1) is 8.35. The van der Waals surface area contributed by atoms with E-state index in [4.69, 9.17) is 4.52 Å². The Morgan fingerprint density at radius 3 is 2.83 bits per heavy atom. The van der Waals surface area contributed by atoms with Crippen molar-refractivity contribution in [3.63, 3.8) is 0 Å². The van der Waals surface area contributed by atoms with E-state index in [0.29, 0.717) is 5.56 Å². The Morgan fingerprint density at radius 2 is 2.17 bits per heavy atom. The lowest BCUT2D eigenvalue weighted by Crippen LogP contribution is -2.02. The summed E-state index contributed by atoms with van der Waals surface area (Å²) in [6, 6.07) is 4.74.